The first-order chi connectivity index (χ1) is 13.4. The van der Waals surface area contributed by atoms with Crippen LogP contribution in [0.5, 0.6) is 11.5 Å². The van der Waals surface area contributed by atoms with E-state index in [4.69, 9.17) is 15.2 Å². The number of nitrogens with two attached hydrogens (primary N) is 1. The molecule has 0 aliphatic rings. The number of hydrogen-bond donors (Lipinski definition) is 2. The zero-order valence-electron chi connectivity index (χ0n) is 16.9. The normalized spacial score (nSPS) is 11.1. The number of guanidine groups is 1. The van der Waals surface area contributed by atoms with Crippen LogP contribution in [-0.2, 0) is 13.0 Å². The Hall–Kier alpha value is -3.22. The summed E-state index contributed by atoms with van der Waals surface area (Å²) < 4.78 is 10.5. The third-order valence-corrected chi connectivity index (χ3v) is 4.21. The SMILES string of the molecule is COc1ccc(CCNC(N)=NCc2ccc(C(=O)N(C)C)cc2)cc1OC. The van der Waals surface area contributed by atoms with Crippen molar-refractivity contribution in [2.24, 2.45) is 10.7 Å². The molecule has 0 bridgehead atoms. The number of nitrogens with zero attached hydrogens (tertiary/aromatic N) is 2. The molecule has 2 rings (SSSR count). The van der Waals surface area contributed by atoms with Gasteiger partial charge in [-0.3, -0.25) is 4.79 Å². The van der Waals surface area contributed by atoms with Crippen LogP contribution in [0, 0.1) is 0 Å². The number of benzene rings is 2. The molecule has 7 heteroatoms. The molecular formula is C21H28N4O3. The van der Waals surface area contributed by atoms with Gasteiger partial charge >= 0.3 is 0 Å². The van der Waals surface area contributed by atoms with Crippen LogP contribution < -0.4 is 20.5 Å². The van der Waals surface area contributed by atoms with Crippen molar-refractivity contribution in [2.75, 3.05) is 34.9 Å². The van der Waals surface area contributed by atoms with E-state index in [1.807, 2.05) is 30.3 Å². The molecule has 2 aromatic rings. The highest BCUT2D eigenvalue weighted by Gasteiger charge is 2.07. The predicted octanol–water partition coefficient (Wildman–Crippen LogP) is 2.05. The van der Waals surface area contributed by atoms with Gasteiger partial charge in [-0.1, -0.05) is 18.2 Å². The van der Waals surface area contributed by atoms with Gasteiger partial charge < -0.3 is 25.4 Å². The van der Waals surface area contributed by atoms with Gasteiger partial charge in [0.1, 0.15) is 0 Å². The zero-order chi connectivity index (χ0) is 20.5. The first kappa shape index (κ1) is 21.1. The monoisotopic (exact) mass is 384 g/mol. The molecule has 0 aliphatic heterocycles. The Kier molecular flexibility index (Phi) is 7.68. The van der Waals surface area contributed by atoms with E-state index in [0.29, 0.717) is 36.1 Å². The maximum absolute atomic E-state index is 11.9. The number of amides is 1. The van der Waals surface area contributed by atoms with Crippen LogP contribution >= 0.6 is 0 Å². The van der Waals surface area contributed by atoms with E-state index in [-0.39, 0.29) is 5.91 Å². The first-order valence-electron chi connectivity index (χ1n) is 9.00. The molecule has 0 saturated heterocycles. The summed E-state index contributed by atoms with van der Waals surface area (Å²) in [5.41, 5.74) is 8.69. The molecule has 0 radical (unpaired) electrons. The van der Waals surface area contributed by atoms with Gasteiger partial charge in [0.15, 0.2) is 17.5 Å². The van der Waals surface area contributed by atoms with Crippen molar-refractivity contribution < 1.29 is 14.3 Å². The summed E-state index contributed by atoms with van der Waals surface area (Å²) in [5.74, 6) is 1.77. The molecule has 0 saturated carbocycles. The molecule has 1 amide bonds. The van der Waals surface area contributed by atoms with Gasteiger partial charge in [0.25, 0.3) is 5.91 Å². The molecule has 0 spiro atoms. The lowest BCUT2D eigenvalue weighted by atomic mass is 10.1. The molecule has 0 atom stereocenters. The number of rotatable bonds is 8. The minimum absolute atomic E-state index is 0.0219. The van der Waals surface area contributed by atoms with Crippen molar-refractivity contribution in [3.63, 3.8) is 0 Å². The Balaban J connectivity index is 1.84. The fourth-order valence-electron chi connectivity index (χ4n) is 2.61. The quantitative estimate of drug-likeness (QED) is 0.537. The van der Waals surface area contributed by atoms with Crippen LogP contribution in [0.15, 0.2) is 47.5 Å². The number of aliphatic imine (C=N–C) groups is 1. The molecule has 7 nitrogen and oxygen atoms in total. The van der Waals surface area contributed by atoms with Crippen molar-refractivity contribution >= 4 is 11.9 Å². The summed E-state index contributed by atoms with van der Waals surface area (Å²) in [6.45, 7) is 1.10. The molecule has 28 heavy (non-hydrogen) atoms. The molecule has 3 N–H and O–H groups in total. The van der Waals surface area contributed by atoms with Crippen LogP contribution in [0.3, 0.4) is 0 Å². The van der Waals surface area contributed by atoms with Crippen LogP contribution in [0.25, 0.3) is 0 Å². The van der Waals surface area contributed by atoms with Crippen LogP contribution in [-0.4, -0.2) is 51.6 Å². The number of carbonyl (C=O) groups is 1. The van der Waals surface area contributed by atoms with E-state index in [1.54, 1.807) is 45.3 Å². The Morgan fingerprint density at radius 1 is 1.04 bits per heavy atom. The average molecular weight is 384 g/mol. The van der Waals surface area contributed by atoms with E-state index in [2.05, 4.69) is 10.3 Å². The first-order valence-corrected chi connectivity index (χ1v) is 9.00. The molecule has 0 aromatic heterocycles. The smallest absolute Gasteiger partial charge is 0.253 e. The van der Waals surface area contributed by atoms with E-state index in [1.165, 1.54) is 0 Å². The van der Waals surface area contributed by atoms with Crippen LogP contribution in [0.2, 0.25) is 0 Å². The minimum atomic E-state index is -0.0219. The maximum Gasteiger partial charge on any atom is 0.253 e. The van der Waals surface area contributed by atoms with Gasteiger partial charge in [-0.15, -0.1) is 0 Å². The lowest BCUT2D eigenvalue weighted by Gasteiger charge is -2.11. The van der Waals surface area contributed by atoms with Crippen molar-refractivity contribution in [3.05, 3.63) is 59.2 Å². The fourth-order valence-corrected chi connectivity index (χ4v) is 2.61. The van der Waals surface area contributed by atoms with Gasteiger partial charge in [-0.05, 0) is 41.8 Å². The lowest BCUT2D eigenvalue weighted by molar-refractivity contribution is 0.0827. The fraction of sp³-hybridized carbons (Fsp3) is 0.333. The van der Waals surface area contributed by atoms with E-state index >= 15 is 0 Å². The largest absolute Gasteiger partial charge is 0.493 e. The van der Waals surface area contributed by atoms with Crippen molar-refractivity contribution in [1.82, 2.24) is 10.2 Å². The number of nitrogens with one attached hydrogen (secondary N) is 1. The number of carbonyl (C=O) groups excluding carboxylic acids is 1. The van der Waals surface area contributed by atoms with Crippen LogP contribution in [0.4, 0.5) is 0 Å². The van der Waals surface area contributed by atoms with Gasteiger partial charge in [-0.25, -0.2) is 4.99 Å². The number of ether oxygens (including phenoxy) is 2. The summed E-state index contributed by atoms with van der Waals surface area (Å²) >= 11 is 0. The summed E-state index contributed by atoms with van der Waals surface area (Å²) in [6.07, 6.45) is 0.776. The zero-order valence-corrected chi connectivity index (χ0v) is 16.9. The Labute approximate surface area is 166 Å². The van der Waals surface area contributed by atoms with E-state index in [0.717, 1.165) is 17.5 Å². The standard InChI is InChI=1S/C21H28N4O3/c1-25(2)20(26)17-8-5-16(6-9-17)14-24-21(22)23-12-11-15-7-10-18(27-3)19(13-15)28-4/h5-10,13H,11-12,14H2,1-4H3,(H3,22,23,24). The number of methoxy groups -OCH3 is 2. The molecule has 2 aromatic carbocycles. The topological polar surface area (TPSA) is 89.2 Å². The average Bonchev–Trinajstić information content (AvgIpc) is 2.71. The highest BCUT2D eigenvalue weighted by Crippen LogP contribution is 2.27. The molecule has 0 aliphatic carbocycles. The molecular weight excluding hydrogens is 356 g/mol. The molecule has 150 valence electrons. The Morgan fingerprint density at radius 3 is 2.29 bits per heavy atom. The van der Waals surface area contributed by atoms with E-state index < -0.39 is 0 Å². The third-order valence-electron chi connectivity index (χ3n) is 4.21. The van der Waals surface area contributed by atoms with Crippen molar-refractivity contribution in [3.8, 4) is 11.5 Å². The second kappa shape index (κ2) is 10.2. The third kappa shape index (κ3) is 5.90. The van der Waals surface area contributed by atoms with Gasteiger partial charge in [0, 0.05) is 26.2 Å². The minimum Gasteiger partial charge on any atom is -0.493 e. The predicted molar refractivity (Wildman–Crippen MR) is 111 cm³/mol. The highest BCUT2D eigenvalue weighted by molar-refractivity contribution is 5.93. The van der Waals surface area contributed by atoms with Crippen LogP contribution in [0.1, 0.15) is 21.5 Å². The number of hydrogen-bond acceptors (Lipinski definition) is 4. The van der Waals surface area contributed by atoms with Gasteiger partial charge in [0.2, 0.25) is 0 Å². The summed E-state index contributed by atoms with van der Waals surface area (Å²) in [6, 6.07) is 13.2. The Bertz CT molecular complexity index is 817. The Morgan fingerprint density at radius 2 is 1.68 bits per heavy atom. The highest BCUT2D eigenvalue weighted by atomic mass is 16.5. The van der Waals surface area contributed by atoms with Gasteiger partial charge in [-0.2, -0.15) is 0 Å². The molecule has 0 fully saturated rings. The van der Waals surface area contributed by atoms with Crippen molar-refractivity contribution in [1.29, 1.82) is 0 Å². The lowest BCUT2D eigenvalue weighted by Crippen LogP contribution is -2.33. The van der Waals surface area contributed by atoms with Gasteiger partial charge in [0.05, 0.1) is 20.8 Å². The molecule has 0 heterocycles. The van der Waals surface area contributed by atoms with E-state index in [9.17, 15) is 4.79 Å². The summed E-state index contributed by atoms with van der Waals surface area (Å²) in [7, 11) is 6.70. The van der Waals surface area contributed by atoms with Crippen molar-refractivity contribution in [2.45, 2.75) is 13.0 Å². The summed E-state index contributed by atoms with van der Waals surface area (Å²) in [4.78, 5) is 17.8. The molecule has 0 unspecified atom stereocenters. The summed E-state index contributed by atoms with van der Waals surface area (Å²) in [5, 5.41) is 3.11. The second-order valence-corrected chi connectivity index (χ2v) is 6.46. The maximum atomic E-state index is 11.9. The second-order valence-electron chi connectivity index (χ2n) is 6.46.